The maximum absolute atomic E-state index is 13.1. The second-order valence-corrected chi connectivity index (χ2v) is 6.61. The van der Waals surface area contributed by atoms with Gasteiger partial charge in [-0.3, -0.25) is 4.79 Å². The van der Waals surface area contributed by atoms with Crippen LogP contribution in [-0.2, 0) is 4.79 Å². The number of methoxy groups -OCH3 is 1. The fraction of sp³-hybridized carbons (Fsp3) is 0.174. The maximum atomic E-state index is 13.1. The number of nitrogens with one attached hydrogen (secondary N) is 1. The number of amides is 1. The molecule has 0 aliphatic carbocycles. The first-order chi connectivity index (χ1) is 13.6. The lowest BCUT2D eigenvalue weighted by atomic mass is 10.0. The Bertz CT molecular complexity index is 913. The van der Waals surface area contributed by atoms with Crippen LogP contribution in [0.1, 0.15) is 30.1 Å². The largest absolute Gasteiger partial charge is 0.496 e. The summed E-state index contributed by atoms with van der Waals surface area (Å²) in [5.74, 6) is 0.283. The van der Waals surface area contributed by atoms with Gasteiger partial charge in [-0.25, -0.2) is 4.39 Å². The van der Waals surface area contributed by atoms with E-state index in [1.54, 1.807) is 19.2 Å². The molecule has 0 radical (unpaired) electrons. The van der Waals surface area contributed by atoms with Gasteiger partial charge in [-0.1, -0.05) is 42.5 Å². The van der Waals surface area contributed by atoms with Crippen molar-refractivity contribution in [1.82, 2.24) is 0 Å². The van der Waals surface area contributed by atoms with Crippen molar-refractivity contribution in [3.63, 3.8) is 0 Å². The summed E-state index contributed by atoms with van der Waals surface area (Å²) in [7, 11) is 1.64. The zero-order valence-corrected chi connectivity index (χ0v) is 15.9. The van der Waals surface area contributed by atoms with Crippen LogP contribution in [0.25, 0.3) is 0 Å². The summed E-state index contributed by atoms with van der Waals surface area (Å²) in [6.45, 7) is 2.04. The summed E-state index contributed by atoms with van der Waals surface area (Å²) in [6.07, 6.45) is 0. The summed E-state index contributed by atoms with van der Waals surface area (Å²) in [4.78, 5) is 13.1. The van der Waals surface area contributed by atoms with Crippen LogP contribution in [0.3, 0.4) is 0 Å². The molecule has 4 nitrogen and oxygen atoms in total. The predicted octanol–water partition coefficient (Wildman–Crippen LogP) is 3.84. The Kier molecular flexibility index (Phi) is 6.40. The van der Waals surface area contributed by atoms with E-state index in [9.17, 15) is 9.18 Å². The third kappa shape index (κ3) is 4.75. The number of anilines is 1. The normalized spacial score (nSPS) is 12.8. The summed E-state index contributed by atoms with van der Waals surface area (Å²) in [5, 5.41) is 4.89. The molecule has 0 unspecified atom stereocenters. The average Bonchev–Trinajstić information content (AvgIpc) is 2.74. The Morgan fingerprint density at radius 1 is 0.964 bits per heavy atom. The number of benzene rings is 3. The van der Waals surface area contributed by atoms with Gasteiger partial charge in [0.1, 0.15) is 17.6 Å². The topological polar surface area (TPSA) is 54.9 Å². The van der Waals surface area contributed by atoms with Crippen molar-refractivity contribution in [3.8, 4) is 5.75 Å². The second kappa shape index (κ2) is 9.15. The van der Waals surface area contributed by atoms with Crippen molar-refractivity contribution in [1.29, 1.82) is 0 Å². The fourth-order valence-corrected chi connectivity index (χ4v) is 3.20. The van der Waals surface area contributed by atoms with Crippen LogP contribution in [0.4, 0.5) is 10.1 Å². The molecule has 0 fully saturated rings. The summed E-state index contributed by atoms with van der Waals surface area (Å²) >= 11 is 0. The lowest BCUT2D eigenvalue weighted by Crippen LogP contribution is -2.87. The average molecular weight is 379 g/mol. The molecule has 0 aliphatic heterocycles. The highest BCUT2D eigenvalue weighted by Crippen LogP contribution is 2.23. The molecule has 0 aliphatic rings. The molecule has 3 rings (SSSR count). The zero-order valence-electron chi connectivity index (χ0n) is 15.9. The van der Waals surface area contributed by atoms with Crippen molar-refractivity contribution in [3.05, 3.63) is 95.8 Å². The van der Waals surface area contributed by atoms with Gasteiger partial charge in [-0.15, -0.1) is 0 Å². The van der Waals surface area contributed by atoms with E-state index in [-0.39, 0.29) is 17.8 Å². The quantitative estimate of drug-likeness (QED) is 0.655. The third-order valence-electron chi connectivity index (χ3n) is 4.66. The Labute approximate surface area is 164 Å². The number of halogens is 1. The number of para-hydroxylation sites is 1. The molecule has 3 aromatic carbocycles. The molecule has 144 valence electrons. The molecule has 0 saturated carbocycles. The molecule has 0 saturated heterocycles. The van der Waals surface area contributed by atoms with Gasteiger partial charge >= 0.3 is 0 Å². The number of carbonyl (C=O) groups excluding carboxylic acids is 1. The van der Waals surface area contributed by atoms with E-state index in [0.29, 0.717) is 5.69 Å². The van der Waals surface area contributed by atoms with E-state index in [1.807, 2.05) is 66.8 Å². The first kappa shape index (κ1) is 19.6. The van der Waals surface area contributed by atoms with Crippen LogP contribution in [-0.4, -0.2) is 13.0 Å². The van der Waals surface area contributed by atoms with Crippen molar-refractivity contribution >= 4 is 11.6 Å². The van der Waals surface area contributed by atoms with Crippen LogP contribution in [0.15, 0.2) is 78.9 Å². The van der Waals surface area contributed by atoms with Gasteiger partial charge in [0.15, 0.2) is 6.04 Å². The van der Waals surface area contributed by atoms with Gasteiger partial charge in [-0.05, 0) is 43.3 Å². The van der Waals surface area contributed by atoms with E-state index >= 15 is 0 Å². The lowest BCUT2D eigenvalue weighted by molar-refractivity contribution is -0.718. The van der Waals surface area contributed by atoms with Crippen molar-refractivity contribution in [2.45, 2.75) is 19.0 Å². The zero-order chi connectivity index (χ0) is 19.9. The van der Waals surface area contributed by atoms with Crippen molar-refractivity contribution in [2.75, 3.05) is 12.4 Å². The third-order valence-corrected chi connectivity index (χ3v) is 4.66. The first-order valence-electron chi connectivity index (χ1n) is 9.17. The molecule has 28 heavy (non-hydrogen) atoms. The van der Waals surface area contributed by atoms with Crippen molar-refractivity contribution < 1.29 is 19.2 Å². The maximum Gasteiger partial charge on any atom is 0.287 e. The number of hydrogen-bond acceptors (Lipinski definition) is 2. The lowest BCUT2D eigenvalue weighted by Gasteiger charge is -2.21. The molecular formula is C23H24FN2O2+. The minimum Gasteiger partial charge on any atom is -0.496 e. The highest BCUT2D eigenvalue weighted by atomic mass is 19.1. The molecule has 0 spiro atoms. The van der Waals surface area contributed by atoms with Gasteiger partial charge in [0.25, 0.3) is 5.91 Å². The standard InChI is InChI=1S/C23H23FN2O2/c1-16(20-10-6-7-11-21(20)28-2)25-22(17-8-4-3-5-9-17)23(27)26-19-14-12-18(24)13-15-19/h3-16,22,25H,1-2H3,(H,26,27)/p+1/t16-,22+/m0/s1. The Hall–Kier alpha value is -3.18. The van der Waals surface area contributed by atoms with Crippen LogP contribution in [0.2, 0.25) is 0 Å². The fourth-order valence-electron chi connectivity index (χ4n) is 3.20. The minimum absolute atomic E-state index is 0.0136. The Balaban J connectivity index is 1.85. The first-order valence-corrected chi connectivity index (χ1v) is 9.17. The van der Waals surface area contributed by atoms with E-state index in [1.165, 1.54) is 12.1 Å². The van der Waals surface area contributed by atoms with Crippen LogP contribution < -0.4 is 15.4 Å². The Morgan fingerprint density at radius 3 is 2.29 bits per heavy atom. The highest BCUT2D eigenvalue weighted by molar-refractivity contribution is 5.94. The van der Waals surface area contributed by atoms with E-state index in [4.69, 9.17) is 4.74 Å². The molecule has 5 heteroatoms. The minimum atomic E-state index is -0.467. The summed E-state index contributed by atoms with van der Waals surface area (Å²) < 4.78 is 18.6. The van der Waals surface area contributed by atoms with Gasteiger partial charge in [0.05, 0.1) is 12.7 Å². The monoisotopic (exact) mass is 379 g/mol. The number of rotatable bonds is 7. The number of carbonyl (C=O) groups is 1. The van der Waals surface area contributed by atoms with Crippen LogP contribution >= 0.6 is 0 Å². The molecule has 3 aromatic rings. The summed E-state index contributed by atoms with van der Waals surface area (Å²) in [5.41, 5.74) is 2.47. The van der Waals surface area contributed by atoms with E-state index in [0.717, 1.165) is 16.9 Å². The highest BCUT2D eigenvalue weighted by Gasteiger charge is 2.28. The number of ether oxygens (including phenoxy) is 1. The molecular weight excluding hydrogens is 355 g/mol. The number of hydrogen-bond donors (Lipinski definition) is 2. The van der Waals surface area contributed by atoms with Crippen LogP contribution in [0, 0.1) is 5.82 Å². The molecule has 0 aromatic heterocycles. The SMILES string of the molecule is COc1ccccc1[C@H](C)[NH2+][C@@H](C(=O)Nc1ccc(F)cc1)c1ccccc1. The molecule has 2 atom stereocenters. The molecule has 0 heterocycles. The second-order valence-electron chi connectivity index (χ2n) is 6.61. The number of nitrogens with two attached hydrogens (primary N) is 1. The molecule has 0 bridgehead atoms. The van der Waals surface area contributed by atoms with Gasteiger partial charge in [-0.2, -0.15) is 0 Å². The molecule has 1 amide bonds. The Morgan fingerprint density at radius 2 is 1.61 bits per heavy atom. The van der Waals surface area contributed by atoms with E-state index < -0.39 is 6.04 Å². The van der Waals surface area contributed by atoms with Gasteiger partial charge in [0.2, 0.25) is 0 Å². The smallest absolute Gasteiger partial charge is 0.287 e. The van der Waals surface area contributed by atoms with E-state index in [2.05, 4.69) is 5.32 Å². The molecule has 3 N–H and O–H groups in total. The number of quaternary nitrogens is 1. The van der Waals surface area contributed by atoms with Gasteiger partial charge in [0, 0.05) is 11.3 Å². The van der Waals surface area contributed by atoms with Gasteiger partial charge < -0.3 is 15.4 Å². The predicted molar refractivity (Wildman–Crippen MR) is 108 cm³/mol. The van der Waals surface area contributed by atoms with Crippen LogP contribution in [0.5, 0.6) is 5.75 Å². The van der Waals surface area contributed by atoms with Crippen molar-refractivity contribution in [2.24, 2.45) is 0 Å². The summed E-state index contributed by atoms with van der Waals surface area (Å²) in [6, 6.07) is 22.7.